The molecule has 3 aliphatic rings. The Hall–Kier alpha value is -2.18. The molecule has 0 saturated carbocycles. The van der Waals surface area contributed by atoms with Crippen LogP contribution >= 0.6 is 0 Å². The molecule has 1 atom stereocenters. The van der Waals surface area contributed by atoms with E-state index in [0.29, 0.717) is 6.04 Å². The number of rotatable bonds is 2. The normalized spacial score (nSPS) is 24.5. The zero-order chi connectivity index (χ0) is 17.6. The first-order valence-electron chi connectivity index (χ1n) is 9.60. The molecule has 1 aromatic carbocycles. The summed E-state index contributed by atoms with van der Waals surface area (Å²) in [4.78, 5) is 2.65. The molecule has 0 aliphatic carbocycles. The van der Waals surface area contributed by atoms with Gasteiger partial charge in [-0.05, 0) is 57.1 Å². The number of aromatic nitrogens is 2. The number of fused-ring (bicyclic) bond motifs is 2. The maximum absolute atomic E-state index is 10.2. The Bertz CT molecular complexity index is 810. The molecule has 2 aromatic rings. The summed E-state index contributed by atoms with van der Waals surface area (Å²) in [5.74, 6) is 1.17. The number of piperidine rings is 1. The van der Waals surface area contributed by atoms with Crippen LogP contribution in [-0.2, 0) is 5.41 Å². The molecule has 3 aliphatic heterocycles. The van der Waals surface area contributed by atoms with Crippen molar-refractivity contribution in [2.75, 3.05) is 38.0 Å². The Labute approximate surface area is 153 Å². The van der Waals surface area contributed by atoms with Gasteiger partial charge in [-0.25, -0.2) is 0 Å². The van der Waals surface area contributed by atoms with Crippen LogP contribution in [0.3, 0.4) is 0 Å². The Morgan fingerprint density at radius 1 is 1.15 bits per heavy atom. The number of anilines is 1. The zero-order valence-corrected chi connectivity index (χ0v) is 14.9. The number of likely N-dealkylation sites (tertiary alicyclic amines) is 1. The molecule has 1 aromatic heterocycles. The van der Waals surface area contributed by atoms with Crippen molar-refractivity contribution in [2.45, 2.75) is 30.7 Å². The molecule has 2 saturated heterocycles. The maximum Gasteiger partial charge on any atom is 0.152 e. The van der Waals surface area contributed by atoms with Crippen LogP contribution in [-0.4, -0.2) is 59.0 Å². The van der Waals surface area contributed by atoms with Crippen LogP contribution in [0.15, 0.2) is 30.3 Å². The average Bonchev–Trinajstić information content (AvgIpc) is 3.32. The van der Waals surface area contributed by atoms with E-state index >= 15 is 0 Å². The molecule has 4 heterocycles. The molecule has 26 heavy (non-hydrogen) atoms. The van der Waals surface area contributed by atoms with Gasteiger partial charge in [-0.2, -0.15) is 0 Å². The van der Waals surface area contributed by atoms with Crippen molar-refractivity contribution in [3.63, 3.8) is 0 Å². The van der Waals surface area contributed by atoms with Crippen LogP contribution in [0.1, 0.15) is 24.8 Å². The van der Waals surface area contributed by atoms with E-state index in [1.807, 2.05) is 18.2 Å². The number of nitrogens with zero attached hydrogens (tertiary/aromatic N) is 3. The number of hydrogen-bond acceptors (Lipinski definition) is 6. The first-order valence-corrected chi connectivity index (χ1v) is 9.60. The van der Waals surface area contributed by atoms with E-state index < -0.39 is 0 Å². The van der Waals surface area contributed by atoms with Crippen LogP contribution in [0, 0.1) is 0 Å². The fourth-order valence-electron chi connectivity index (χ4n) is 4.81. The van der Waals surface area contributed by atoms with Crippen molar-refractivity contribution >= 4 is 5.82 Å². The number of benzene rings is 1. The lowest BCUT2D eigenvalue weighted by Crippen LogP contribution is -2.48. The maximum atomic E-state index is 10.2. The summed E-state index contributed by atoms with van der Waals surface area (Å²) in [6, 6.07) is 10.2. The summed E-state index contributed by atoms with van der Waals surface area (Å²) in [7, 11) is 0. The van der Waals surface area contributed by atoms with Crippen molar-refractivity contribution in [2.24, 2.45) is 0 Å². The van der Waals surface area contributed by atoms with E-state index in [1.165, 1.54) is 12.0 Å². The molecule has 0 radical (unpaired) electrons. The summed E-state index contributed by atoms with van der Waals surface area (Å²) in [6.07, 6.45) is 3.57. The number of phenols is 1. The summed E-state index contributed by atoms with van der Waals surface area (Å²) in [5, 5.41) is 25.9. The molecule has 2 fully saturated rings. The average molecular weight is 351 g/mol. The Morgan fingerprint density at radius 2 is 2.00 bits per heavy atom. The molecular formula is C20H25N5O. The lowest BCUT2D eigenvalue weighted by Gasteiger charge is -2.41. The molecule has 1 unspecified atom stereocenters. The van der Waals surface area contributed by atoms with Crippen molar-refractivity contribution in [1.29, 1.82) is 0 Å². The minimum atomic E-state index is 0.146. The van der Waals surface area contributed by atoms with Gasteiger partial charge in [0.25, 0.3) is 0 Å². The lowest BCUT2D eigenvalue weighted by atomic mass is 9.74. The van der Waals surface area contributed by atoms with Gasteiger partial charge in [-0.15, -0.1) is 10.2 Å². The van der Waals surface area contributed by atoms with Crippen LogP contribution in [0.2, 0.25) is 0 Å². The Morgan fingerprint density at radius 3 is 2.77 bits per heavy atom. The molecule has 5 rings (SSSR count). The van der Waals surface area contributed by atoms with Crippen LogP contribution in [0.5, 0.6) is 5.75 Å². The SMILES string of the molecule is Oc1ccccc1-c1cc2c(nn1)NCC21CCN(C2CCNC2)CC1. The van der Waals surface area contributed by atoms with Gasteiger partial charge >= 0.3 is 0 Å². The van der Waals surface area contributed by atoms with Crippen LogP contribution in [0.25, 0.3) is 11.3 Å². The third-order valence-electron chi connectivity index (χ3n) is 6.45. The summed E-state index contributed by atoms with van der Waals surface area (Å²) in [6.45, 7) is 5.50. The van der Waals surface area contributed by atoms with Gasteiger partial charge in [0.1, 0.15) is 5.75 Å². The monoisotopic (exact) mass is 351 g/mol. The van der Waals surface area contributed by atoms with E-state index in [-0.39, 0.29) is 11.2 Å². The molecule has 6 heteroatoms. The first kappa shape index (κ1) is 16.0. The van der Waals surface area contributed by atoms with Crippen LogP contribution < -0.4 is 10.6 Å². The molecular weight excluding hydrogens is 326 g/mol. The lowest BCUT2D eigenvalue weighted by molar-refractivity contribution is 0.129. The third kappa shape index (κ3) is 2.56. The second kappa shape index (κ2) is 6.21. The van der Waals surface area contributed by atoms with Crippen molar-refractivity contribution < 1.29 is 5.11 Å². The highest BCUT2D eigenvalue weighted by Gasteiger charge is 2.43. The van der Waals surface area contributed by atoms with Crippen molar-refractivity contribution in [1.82, 2.24) is 20.4 Å². The summed E-state index contributed by atoms with van der Waals surface area (Å²) >= 11 is 0. The molecule has 1 spiro atoms. The Kier molecular flexibility index (Phi) is 3.83. The fraction of sp³-hybridized carbons (Fsp3) is 0.500. The van der Waals surface area contributed by atoms with Gasteiger partial charge < -0.3 is 15.7 Å². The molecule has 3 N–H and O–H groups in total. The van der Waals surface area contributed by atoms with E-state index in [4.69, 9.17) is 0 Å². The van der Waals surface area contributed by atoms with Gasteiger partial charge in [0.15, 0.2) is 5.82 Å². The van der Waals surface area contributed by atoms with E-state index in [9.17, 15) is 5.11 Å². The van der Waals surface area contributed by atoms with Gasteiger partial charge in [-0.1, -0.05) is 12.1 Å². The largest absolute Gasteiger partial charge is 0.507 e. The number of nitrogens with one attached hydrogen (secondary N) is 2. The van der Waals surface area contributed by atoms with E-state index in [1.54, 1.807) is 6.07 Å². The van der Waals surface area contributed by atoms with E-state index in [2.05, 4.69) is 31.8 Å². The smallest absolute Gasteiger partial charge is 0.152 e. The number of hydrogen-bond donors (Lipinski definition) is 3. The minimum Gasteiger partial charge on any atom is -0.507 e. The highest BCUT2D eigenvalue weighted by Crippen LogP contribution is 2.44. The number of aromatic hydroxyl groups is 1. The summed E-state index contributed by atoms with van der Waals surface area (Å²) < 4.78 is 0. The molecule has 0 amide bonds. The van der Waals surface area contributed by atoms with Gasteiger partial charge in [0.2, 0.25) is 0 Å². The second-order valence-corrected chi connectivity index (χ2v) is 7.83. The second-order valence-electron chi connectivity index (χ2n) is 7.83. The van der Waals surface area contributed by atoms with Crippen LogP contribution in [0.4, 0.5) is 5.82 Å². The summed E-state index contributed by atoms with van der Waals surface area (Å²) in [5.41, 5.74) is 2.93. The third-order valence-corrected chi connectivity index (χ3v) is 6.45. The predicted octanol–water partition coefficient (Wildman–Crippen LogP) is 1.97. The fourth-order valence-corrected chi connectivity index (χ4v) is 4.81. The number of para-hydroxylation sites is 1. The molecule has 6 nitrogen and oxygen atoms in total. The van der Waals surface area contributed by atoms with Gasteiger partial charge in [0, 0.05) is 35.7 Å². The standard InChI is InChI=1S/C20H25N5O/c26-18-4-2-1-3-15(18)17-11-16-19(24-23-17)22-13-20(16)6-9-25(10-7-20)14-5-8-21-12-14/h1-4,11,14,21,26H,5-10,12-13H2,(H,22,24). The minimum absolute atomic E-state index is 0.146. The Balaban J connectivity index is 1.43. The molecule has 0 bridgehead atoms. The van der Waals surface area contributed by atoms with E-state index in [0.717, 1.165) is 62.6 Å². The van der Waals surface area contributed by atoms with Crippen molar-refractivity contribution in [3.05, 3.63) is 35.9 Å². The quantitative estimate of drug-likeness (QED) is 0.768. The first-order chi connectivity index (χ1) is 12.8. The van der Waals surface area contributed by atoms with Gasteiger partial charge in [-0.3, -0.25) is 4.90 Å². The van der Waals surface area contributed by atoms with Crippen molar-refractivity contribution in [3.8, 4) is 17.0 Å². The predicted molar refractivity (Wildman–Crippen MR) is 101 cm³/mol. The highest BCUT2D eigenvalue weighted by molar-refractivity contribution is 5.69. The topological polar surface area (TPSA) is 73.3 Å². The zero-order valence-electron chi connectivity index (χ0n) is 14.9. The highest BCUT2D eigenvalue weighted by atomic mass is 16.3. The molecule has 136 valence electrons. The number of phenolic OH excluding ortho intramolecular Hbond substituents is 1. The van der Waals surface area contributed by atoms with Gasteiger partial charge in [0.05, 0.1) is 5.69 Å².